The van der Waals surface area contributed by atoms with E-state index in [-0.39, 0.29) is 13.2 Å². The van der Waals surface area contributed by atoms with E-state index in [9.17, 15) is 23.1 Å². The maximum absolute atomic E-state index is 12.2. The Morgan fingerprint density at radius 1 is 0.966 bits per heavy atom. The zero-order valence-electron chi connectivity index (χ0n) is 15.4. The summed E-state index contributed by atoms with van der Waals surface area (Å²) in [6, 6.07) is 12.7. The molecule has 0 aromatic heterocycles. The molecule has 10 heteroatoms. The highest BCUT2D eigenvalue weighted by atomic mass is 32.2. The number of rotatable bonds is 6. The monoisotopic (exact) mass is 418 g/mol. The van der Waals surface area contributed by atoms with Crippen molar-refractivity contribution in [1.82, 2.24) is 9.03 Å². The smallest absolute Gasteiger partial charge is 0.338 e. The highest BCUT2D eigenvalue weighted by Gasteiger charge is 2.27. The highest BCUT2D eigenvalue weighted by Crippen LogP contribution is 2.16. The van der Waals surface area contributed by atoms with Crippen molar-refractivity contribution in [2.24, 2.45) is 0 Å². The van der Waals surface area contributed by atoms with Crippen molar-refractivity contribution in [3.63, 3.8) is 0 Å². The summed E-state index contributed by atoms with van der Waals surface area (Å²) in [7, 11) is -2.49. The number of hydrogen-bond acceptors (Lipinski definition) is 7. The number of carbonyl (C=O) groups is 2. The van der Waals surface area contributed by atoms with Crippen LogP contribution in [-0.4, -0.2) is 36.9 Å². The molecule has 1 aliphatic rings. The van der Waals surface area contributed by atoms with Gasteiger partial charge in [0.05, 0.1) is 31.0 Å². The molecular formula is C19H18N2O7S. The molecule has 1 heterocycles. The second kappa shape index (κ2) is 8.23. The predicted octanol–water partition coefficient (Wildman–Crippen LogP) is 1.84. The van der Waals surface area contributed by atoms with Gasteiger partial charge in [0, 0.05) is 0 Å². The van der Waals surface area contributed by atoms with Crippen molar-refractivity contribution >= 4 is 22.1 Å². The Hall–Kier alpha value is -3.53. The quantitative estimate of drug-likeness (QED) is 0.686. The first-order chi connectivity index (χ1) is 13.8. The molecule has 0 fully saturated rings. The van der Waals surface area contributed by atoms with Crippen LogP contribution in [0.1, 0.15) is 31.8 Å². The van der Waals surface area contributed by atoms with Gasteiger partial charge in [-0.25, -0.2) is 14.3 Å². The van der Waals surface area contributed by atoms with Crippen LogP contribution in [0.25, 0.3) is 0 Å². The van der Waals surface area contributed by atoms with Crippen molar-refractivity contribution in [2.45, 2.75) is 13.2 Å². The fraction of sp³-hybridized carbons (Fsp3) is 0.158. The summed E-state index contributed by atoms with van der Waals surface area (Å²) in [6.45, 7) is 0.0328. The van der Waals surface area contributed by atoms with E-state index in [1.165, 1.54) is 19.2 Å². The van der Waals surface area contributed by atoms with Crippen LogP contribution >= 0.6 is 0 Å². The number of methoxy groups -OCH3 is 1. The molecule has 29 heavy (non-hydrogen) atoms. The van der Waals surface area contributed by atoms with Gasteiger partial charge in [0.1, 0.15) is 6.61 Å². The van der Waals surface area contributed by atoms with E-state index in [1.54, 1.807) is 36.4 Å². The molecule has 0 unspecified atom stereocenters. The lowest BCUT2D eigenvalue weighted by Gasteiger charge is -2.14. The van der Waals surface area contributed by atoms with Gasteiger partial charge in [-0.05, 0) is 35.4 Å². The molecule has 0 saturated carbocycles. The third-order valence-corrected chi connectivity index (χ3v) is 5.40. The Balaban J connectivity index is 1.57. The number of ether oxygens (including phenoxy) is 2. The van der Waals surface area contributed by atoms with Crippen LogP contribution in [-0.2, 0) is 32.8 Å². The number of nitrogens with one attached hydrogen (secondary N) is 1. The first-order valence-corrected chi connectivity index (χ1v) is 9.86. The third kappa shape index (κ3) is 4.85. The third-order valence-electron chi connectivity index (χ3n) is 4.08. The summed E-state index contributed by atoms with van der Waals surface area (Å²) in [5.41, 5.74) is 2.04. The van der Waals surface area contributed by atoms with Gasteiger partial charge in [-0.3, -0.25) is 4.31 Å². The Morgan fingerprint density at radius 2 is 1.52 bits per heavy atom. The minimum atomic E-state index is -3.79. The molecule has 0 amide bonds. The number of aliphatic hydroxyl groups is 1. The van der Waals surface area contributed by atoms with Crippen molar-refractivity contribution < 1.29 is 32.6 Å². The van der Waals surface area contributed by atoms with Gasteiger partial charge in [-0.2, -0.15) is 8.42 Å². The fourth-order valence-electron chi connectivity index (χ4n) is 2.57. The lowest BCUT2D eigenvalue weighted by molar-refractivity contribution is 0.0471. The molecule has 0 atom stereocenters. The Kier molecular flexibility index (Phi) is 5.74. The van der Waals surface area contributed by atoms with Crippen LogP contribution in [0.15, 0.2) is 60.6 Å². The number of hydrogen-bond donors (Lipinski definition) is 2. The van der Waals surface area contributed by atoms with Crippen molar-refractivity contribution in [2.75, 3.05) is 7.11 Å². The zero-order chi connectivity index (χ0) is 21.0. The number of carbonyl (C=O) groups excluding carboxylic acids is 2. The molecule has 2 N–H and O–H groups in total. The van der Waals surface area contributed by atoms with Crippen molar-refractivity contribution in [1.29, 1.82) is 0 Å². The van der Waals surface area contributed by atoms with Gasteiger partial charge < -0.3 is 14.6 Å². The van der Waals surface area contributed by atoms with E-state index in [1.807, 2.05) is 4.72 Å². The number of esters is 2. The fourth-order valence-corrected chi connectivity index (χ4v) is 3.56. The van der Waals surface area contributed by atoms with Crippen LogP contribution in [0.4, 0.5) is 0 Å². The highest BCUT2D eigenvalue weighted by molar-refractivity contribution is 7.87. The van der Waals surface area contributed by atoms with E-state index >= 15 is 0 Å². The molecule has 1 aliphatic heterocycles. The van der Waals surface area contributed by atoms with Crippen molar-refractivity contribution in [3.05, 3.63) is 82.9 Å². The standard InChI is InChI=1S/C19H18N2O7S/c1-27-18(23)15-8-4-14(5-9-15)12-28-19(24)16-6-2-13(3-7-16)10-21-11-17(22)20-29(21,25)26/h2-9,11,20,22H,10,12H2,1H3. The van der Waals surface area contributed by atoms with Gasteiger partial charge in [-0.1, -0.05) is 24.3 Å². The number of benzene rings is 2. The maximum atomic E-state index is 12.2. The predicted molar refractivity (Wildman–Crippen MR) is 102 cm³/mol. The van der Waals surface area contributed by atoms with Crippen LogP contribution in [0, 0.1) is 0 Å². The van der Waals surface area contributed by atoms with E-state index < -0.39 is 28.0 Å². The van der Waals surface area contributed by atoms with Gasteiger partial charge >= 0.3 is 22.1 Å². The lowest BCUT2D eigenvalue weighted by atomic mass is 10.1. The molecule has 0 radical (unpaired) electrons. The molecule has 9 nitrogen and oxygen atoms in total. The molecule has 0 saturated heterocycles. The summed E-state index contributed by atoms with van der Waals surface area (Å²) in [6.07, 6.45) is 1.07. The summed E-state index contributed by atoms with van der Waals surface area (Å²) < 4.78 is 36.3. The second-order valence-corrected chi connectivity index (χ2v) is 7.75. The van der Waals surface area contributed by atoms with E-state index in [0.717, 1.165) is 10.5 Å². The Morgan fingerprint density at radius 3 is 2.03 bits per heavy atom. The van der Waals surface area contributed by atoms with Gasteiger partial charge in [0.15, 0.2) is 0 Å². The first-order valence-electron chi connectivity index (χ1n) is 8.42. The maximum Gasteiger partial charge on any atom is 0.338 e. The number of nitrogens with zero attached hydrogens (tertiary/aromatic N) is 1. The number of aliphatic hydroxyl groups excluding tert-OH is 1. The van der Waals surface area contributed by atoms with E-state index in [0.29, 0.717) is 22.3 Å². The van der Waals surface area contributed by atoms with Crippen LogP contribution < -0.4 is 4.72 Å². The second-order valence-electron chi connectivity index (χ2n) is 6.13. The summed E-state index contributed by atoms with van der Waals surface area (Å²) >= 11 is 0. The average molecular weight is 418 g/mol. The molecule has 2 aromatic rings. The Bertz CT molecular complexity index is 1040. The molecule has 0 aliphatic carbocycles. The minimum Gasteiger partial charge on any atom is -0.493 e. The topological polar surface area (TPSA) is 122 Å². The van der Waals surface area contributed by atoms with Crippen molar-refractivity contribution in [3.8, 4) is 0 Å². The van der Waals surface area contributed by atoms with Gasteiger partial charge in [0.2, 0.25) is 5.88 Å². The van der Waals surface area contributed by atoms with E-state index in [2.05, 4.69) is 4.74 Å². The molecule has 0 spiro atoms. The van der Waals surface area contributed by atoms with E-state index in [4.69, 9.17) is 4.74 Å². The van der Waals surface area contributed by atoms with Crippen LogP contribution in [0.2, 0.25) is 0 Å². The first kappa shape index (κ1) is 20.2. The zero-order valence-corrected chi connectivity index (χ0v) is 16.2. The normalized spacial score (nSPS) is 14.7. The SMILES string of the molecule is COC(=O)c1ccc(COC(=O)c2ccc(CN3C=C(O)NS3(=O)=O)cc2)cc1. The minimum absolute atomic E-state index is 0.00125. The average Bonchev–Trinajstić information content (AvgIpc) is 2.97. The molecule has 0 bridgehead atoms. The molecule has 152 valence electrons. The van der Waals surface area contributed by atoms with Gasteiger partial charge in [0.25, 0.3) is 0 Å². The lowest BCUT2D eigenvalue weighted by Crippen LogP contribution is -2.29. The van der Waals surface area contributed by atoms with Gasteiger partial charge in [-0.15, -0.1) is 0 Å². The molecule has 3 rings (SSSR count). The Labute approximate surface area is 167 Å². The summed E-state index contributed by atoms with van der Waals surface area (Å²) in [5, 5.41) is 9.28. The van der Waals surface area contributed by atoms with Crippen LogP contribution in [0.3, 0.4) is 0 Å². The molecular weight excluding hydrogens is 400 g/mol. The largest absolute Gasteiger partial charge is 0.493 e. The summed E-state index contributed by atoms with van der Waals surface area (Å²) in [4.78, 5) is 23.6. The van der Waals surface area contributed by atoms with Crippen LogP contribution in [0.5, 0.6) is 0 Å². The molecule has 2 aromatic carbocycles. The summed E-state index contributed by atoms with van der Waals surface area (Å²) in [5.74, 6) is -1.44.